The third kappa shape index (κ3) is 6.11. The molecule has 0 saturated carbocycles. The maximum Gasteiger partial charge on any atom is 0.409 e. The summed E-state index contributed by atoms with van der Waals surface area (Å²) >= 11 is 6.08. The molecule has 3 aromatic carbocycles. The highest BCUT2D eigenvalue weighted by atomic mass is 35.5. The number of benzene rings is 3. The fraction of sp³-hybridized carbons (Fsp3) is 0.333. The Morgan fingerprint density at radius 3 is 2.21 bits per heavy atom. The number of fused-ring (bicyclic) bond motifs is 1. The van der Waals surface area contributed by atoms with Crippen LogP contribution in [0.5, 0.6) is 0 Å². The smallest absolute Gasteiger partial charge is 0.409 e. The molecule has 0 radical (unpaired) electrons. The van der Waals surface area contributed by atoms with Crippen molar-refractivity contribution in [3.63, 3.8) is 0 Å². The van der Waals surface area contributed by atoms with Crippen LogP contribution >= 0.6 is 11.6 Å². The Bertz CT molecular complexity index is 1370. The number of aromatic amines is 1. The lowest BCUT2D eigenvalue weighted by atomic mass is 10.0. The predicted molar refractivity (Wildman–Crippen MR) is 150 cm³/mol. The van der Waals surface area contributed by atoms with Crippen molar-refractivity contribution in [2.24, 2.45) is 0 Å². The molecule has 5 rings (SSSR count). The minimum absolute atomic E-state index is 0.0210. The first-order valence-corrected chi connectivity index (χ1v) is 13.5. The average Bonchev–Trinajstić information content (AvgIpc) is 3.27. The second-order valence-electron chi connectivity index (χ2n) is 9.98. The highest BCUT2D eigenvalue weighted by Gasteiger charge is 2.27. The lowest BCUT2D eigenvalue weighted by molar-refractivity contribution is 0.0567. The number of imidazole rings is 1. The Morgan fingerprint density at radius 1 is 1.00 bits per heavy atom. The number of nitrogens with one attached hydrogen (secondary N) is 1. The van der Waals surface area contributed by atoms with Crippen LogP contribution in [0.1, 0.15) is 36.9 Å². The molecule has 4 aromatic rings. The molecular formula is C30H33ClN4O3. The molecule has 38 heavy (non-hydrogen) atoms. The van der Waals surface area contributed by atoms with Crippen LogP contribution in [-0.4, -0.2) is 51.2 Å². The molecule has 0 bridgehead atoms. The van der Waals surface area contributed by atoms with Gasteiger partial charge in [0, 0.05) is 43.3 Å². The van der Waals surface area contributed by atoms with Crippen LogP contribution in [0.4, 0.5) is 4.79 Å². The van der Waals surface area contributed by atoms with Crippen molar-refractivity contribution in [1.82, 2.24) is 19.4 Å². The number of hydrogen-bond donors (Lipinski definition) is 1. The second-order valence-corrected chi connectivity index (χ2v) is 10.4. The maximum absolute atomic E-state index is 12.9. The van der Waals surface area contributed by atoms with Gasteiger partial charge in [-0.3, -0.25) is 9.47 Å². The number of halogens is 1. The molecule has 1 saturated heterocycles. The molecule has 2 heterocycles. The van der Waals surface area contributed by atoms with Crippen LogP contribution in [0.3, 0.4) is 0 Å². The predicted octanol–water partition coefficient (Wildman–Crippen LogP) is 5.85. The lowest BCUT2D eigenvalue weighted by Crippen LogP contribution is -2.42. The quantitative estimate of drug-likeness (QED) is 0.309. The Balaban J connectivity index is 1.18. The van der Waals surface area contributed by atoms with Crippen molar-refractivity contribution < 1.29 is 9.53 Å². The first-order valence-electron chi connectivity index (χ1n) is 13.1. The zero-order valence-electron chi connectivity index (χ0n) is 21.6. The Hall–Kier alpha value is -3.55. The minimum Gasteiger partial charge on any atom is -0.448 e. The number of hydrogen-bond acceptors (Lipinski definition) is 4. The third-order valence-corrected chi connectivity index (χ3v) is 7.53. The number of amides is 1. The normalized spacial score (nSPS) is 15.2. The van der Waals surface area contributed by atoms with Gasteiger partial charge < -0.3 is 14.6 Å². The van der Waals surface area contributed by atoms with Crippen LogP contribution in [-0.2, 0) is 17.8 Å². The van der Waals surface area contributed by atoms with Crippen LogP contribution < -0.4 is 5.69 Å². The third-order valence-electron chi connectivity index (χ3n) is 7.29. The fourth-order valence-electron chi connectivity index (χ4n) is 5.16. The molecule has 1 atom stereocenters. The van der Waals surface area contributed by atoms with Gasteiger partial charge in [-0.15, -0.1) is 0 Å². The molecule has 1 aliphatic rings. The van der Waals surface area contributed by atoms with Crippen LogP contribution in [0, 0.1) is 0 Å². The summed E-state index contributed by atoms with van der Waals surface area (Å²) in [7, 11) is 0. The Labute approximate surface area is 227 Å². The topological polar surface area (TPSA) is 70.6 Å². The summed E-state index contributed by atoms with van der Waals surface area (Å²) in [5.41, 5.74) is 3.87. The van der Waals surface area contributed by atoms with Gasteiger partial charge in [0.1, 0.15) is 6.61 Å². The van der Waals surface area contributed by atoms with Gasteiger partial charge in [-0.1, -0.05) is 72.3 Å². The number of nitrogens with zero attached hydrogens (tertiary/aromatic N) is 3. The molecule has 8 heteroatoms. The van der Waals surface area contributed by atoms with E-state index in [0.717, 1.165) is 24.1 Å². The number of carbonyl (C=O) groups excluding carboxylic acids is 1. The lowest BCUT2D eigenvalue weighted by Gasteiger charge is -2.33. The van der Waals surface area contributed by atoms with Crippen molar-refractivity contribution in [2.45, 2.75) is 44.9 Å². The van der Waals surface area contributed by atoms with E-state index in [-0.39, 0.29) is 23.9 Å². The molecule has 0 aliphatic carbocycles. The maximum atomic E-state index is 12.9. The summed E-state index contributed by atoms with van der Waals surface area (Å²) < 4.78 is 7.58. The van der Waals surface area contributed by atoms with E-state index in [1.807, 2.05) is 42.5 Å². The van der Waals surface area contributed by atoms with Crippen molar-refractivity contribution in [2.75, 3.05) is 19.7 Å². The SMILES string of the molecule is C[C@@H](COC(=O)N1CCC(n2c(=O)[nH]c3cc(Cl)ccc32)CC1)N(Cc1ccccc1)Cc1ccccc1. The number of rotatable bonds is 8. The van der Waals surface area contributed by atoms with E-state index in [1.165, 1.54) is 11.1 Å². The van der Waals surface area contributed by atoms with Crippen molar-refractivity contribution in [1.29, 1.82) is 0 Å². The zero-order valence-corrected chi connectivity index (χ0v) is 22.3. The summed E-state index contributed by atoms with van der Waals surface area (Å²) in [6, 6.07) is 26.2. The summed E-state index contributed by atoms with van der Waals surface area (Å²) in [5, 5.41) is 0.587. The van der Waals surface area contributed by atoms with E-state index in [4.69, 9.17) is 16.3 Å². The molecule has 7 nitrogen and oxygen atoms in total. The summed E-state index contributed by atoms with van der Waals surface area (Å²) in [4.78, 5) is 32.5. The molecule has 1 N–H and O–H groups in total. The van der Waals surface area contributed by atoms with Gasteiger partial charge in [-0.2, -0.15) is 0 Å². The van der Waals surface area contributed by atoms with Gasteiger partial charge in [0.2, 0.25) is 0 Å². The zero-order chi connectivity index (χ0) is 26.5. The van der Waals surface area contributed by atoms with Gasteiger partial charge >= 0.3 is 11.8 Å². The van der Waals surface area contributed by atoms with Crippen LogP contribution in [0.2, 0.25) is 5.02 Å². The van der Waals surface area contributed by atoms with Crippen molar-refractivity contribution in [3.05, 3.63) is 105 Å². The minimum atomic E-state index is -0.298. The van der Waals surface area contributed by atoms with Gasteiger partial charge in [-0.05, 0) is 49.1 Å². The second kappa shape index (κ2) is 11.9. The summed E-state index contributed by atoms with van der Waals surface area (Å²) in [5.74, 6) is 0. The number of piperidine rings is 1. The molecular weight excluding hydrogens is 500 g/mol. The van der Waals surface area contributed by atoms with E-state index in [1.54, 1.807) is 21.6 Å². The van der Waals surface area contributed by atoms with Gasteiger partial charge in [0.15, 0.2) is 0 Å². The monoisotopic (exact) mass is 532 g/mol. The number of likely N-dealkylation sites (tertiary alicyclic amines) is 1. The molecule has 198 valence electrons. The molecule has 0 spiro atoms. The highest BCUT2D eigenvalue weighted by Crippen LogP contribution is 2.26. The molecule has 1 fully saturated rings. The average molecular weight is 533 g/mol. The number of ether oxygens (including phenoxy) is 1. The molecule has 1 aliphatic heterocycles. The van der Waals surface area contributed by atoms with E-state index in [2.05, 4.69) is 41.1 Å². The van der Waals surface area contributed by atoms with Gasteiger partial charge in [0.05, 0.1) is 11.0 Å². The standard InChI is InChI=1S/C30H33ClN4O3/c1-22(34(19-23-8-4-2-5-9-23)20-24-10-6-3-7-11-24)21-38-30(37)33-16-14-26(15-17-33)35-28-13-12-25(31)18-27(28)32-29(35)36/h2-13,18,22,26H,14-17,19-21H2,1H3,(H,32,36)/t22-/m0/s1. The summed E-state index contributed by atoms with van der Waals surface area (Å²) in [6.45, 7) is 5.03. The van der Waals surface area contributed by atoms with E-state index >= 15 is 0 Å². The van der Waals surface area contributed by atoms with E-state index in [0.29, 0.717) is 37.6 Å². The van der Waals surface area contributed by atoms with Crippen LogP contribution in [0.25, 0.3) is 11.0 Å². The van der Waals surface area contributed by atoms with E-state index in [9.17, 15) is 9.59 Å². The van der Waals surface area contributed by atoms with Gasteiger partial charge in [0.25, 0.3) is 0 Å². The fourth-order valence-corrected chi connectivity index (χ4v) is 5.34. The Morgan fingerprint density at radius 2 is 1.61 bits per heavy atom. The summed E-state index contributed by atoms with van der Waals surface area (Å²) in [6.07, 6.45) is 1.08. The molecule has 0 unspecified atom stereocenters. The highest BCUT2D eigenvalue weighted by molar-refractivity contribution is 6.31. The number of carbonyl (C=O) groups is 1. The largest absolute Gasteiger partial charge is 0.448 e. The molecule has 1 amide bonds. The van der Waals surface area contributed by atoms with Gasteiger partial charge in [-0.25, -0.2) is 9.59 Å². The number of aromatic nitrogens is 2. The van der Waals surface area contributed by atoms with E-state index < -0.39 is 0 Å². The Kier molecular flexibility index (Phi) is 8.15. The van der Waals surface area contributed by atoms with Crippen LogP contribution in [0.15, 0.2) is 83.7 Å². The first kappa shape index (κ1) is 26.1. The van der Waals surface area contributed by atoms with Crippen molar-refractivity contribution >= 4 is 28.7 Å². The first-order chi connectivity index (χ1) is 18.5. The van der Waals surface area contributed by atoms with Crippen molar-refractivity contribution in [3.8, 4) is 0 Å². The molecule has 1 aromatic heterocycles. The number of H-pyrrole nitrogens is 1.